The Balaban J connectivity index is 4.56. The maximum absolute atomic E-state index is 12.6. The van der Waals surface area contributed by atoms with Crippen LogP contribution in [0.2, 0.25) is 19.6 Å². The number of amides is 3. The highest BCUT2D eigenvalue weighted by molar-refractivity contribution is 6.83. The standard InChI is InChI=1S/C22H40N6O4Si/c1-22(2,3)32-21(31)25-15-10-8-12-18(27-19(29)13-16-26-28-23)20(30)24-14-9-7-11-17-33(4,5)6/h18H,7-10,12-16H2,1-6H3,(H,24,30)(H,25,31)(H,27,29)/t18-/m0/s1. The van der Waals surface area contributed by atoms with Crippen molar-refractivity contribution in [3.63, 3.8) is 0 Å². The maximum atomic E-state index is 12.6. The molecule has 0 saturated heterocycles. The molecule has 3 amide bonds. The summed E-state index contributed by atoms with van der Waals surface area (Å²) in [4.78, 5) is 39.0. The van der Waals surface area contributed by atoms with E-state index in [2.05, 4.69) is 57.1 Å². The normalized spacial score (nSPS) is 11.8. The lowest BCUT2D eigenvalue weighted by molar-refractivity contribution is -0.129. The maximum Gasteiger partial charge on any atom is 0.407 e. The van der Waals surface area contributed by atoms with Crippen molar-refractivity contribution in [2.75, 3.05) is 19.6 Å². The molecule has 186 valence electrons. The van der Waals surface area contributed by atoms with Crippen LogP contribution in [0.3, 0.4) is 0 Å². The number of ether oxygens (including phenoxy) is 1. The molecule has 11 heteroatoms. The van der Waals surface area contributed by atoms with Gasteiger partial charge in [0.2, 0.25) is 11.8 Å². The molecule has 0 aromatic carbocycles. The van der Waals surface area contributed by atoms with Crippen molar-refractivity contribution in [3.05, 3.63) is 10.4 Å². The van der Waals surface area contributed by atoms with E-state index in [9.17, 15) is 14.4 Å². The summed E-state index contributed by atoms with van der Waals surface area (Å²) in [5, 5.41) is 11.6. The van der Waals surface area contributed by atoms with Gasteiger partial charge in [-0.05, 0) is 52.0 Å². The molecular weight excluding hydrogens is 440 g/mol. The number of nitrogens with zero attached hydrogens (tertiary/aromatic N) is 3. The molecule has 3 N–H and O–H groups in total. The summed E-state index contributed by atoms with van der Waals surface area (Å²) in [6, 6.07) is -0.696. The molecule has 0 fully saturated rings. The summed E-state index contributed by atoms with van der Waals surface area (Å²) in [6.45, 7) is 12.8. The number of azide groups is 1. The minimum Gasteiger partial charge on any atom is -0.444 e. The Morgan fingerprint density at radius 2 is 1.76 bits per heavy atom. The summed E-state index contributed by atoms with van der Waals surface area (Å²) in [5.74, 6) is 2.56. The lowest BCUT2D eigenvalue weighted by atomic mass is 10.1. The van der Waals surface area contributed by atoms with E-state index in [1.807, 2.05) is 0 Å². The van der Waals surface area contributed by atoms with Crippen molar-refractivity contribution in [3.8, 4) is 11.5 Å². The minimum absolute atomic E-state index is 0.0142. The Kier molecular flexibility index (Phi) is 14.7. The zero-order chi connectivity index (χ0) is 25.3. The number of hydrogen-bond acceptors (Lipinski definition) is 5. The number of carbonyl (C=O) groups is 3. The van der Waals surface area contributed by atoms with Crippen LogP contribution < -0.4 is 16.0 Å². The van der Waals surface area contributed by atoms with Crippen LogP contribution in [-0.2, 0) is 14.3 Å². The van der Waals surface area contributed by atoms with Crippen LogP contribution in [-0.4, -0.2) is 57.3 Å². The third-order valence-corrected chi connectivity index (χ3v) is 4.91. The van der Waals surface area contributed by atoms with Gasteiger partial charge in [0, 0.05) is 37.4 Å². The second-order valence-corrected chi connectivity index (χ2v) is 14.4. The molecule has 0 spiro atoms. The average molecular weight is 481 g/mol. The van der Waals surface area contributed by atoms with Crippen LogP contribution in [0.5, 0.6) is 0 Å². The monoisotopic (exact) mass is 480 g/mol. The van der Waals surface area contributed by atoms with E-state index in [0.717, 1.165) is 6.42 Å². The average Bonchev–Trinajstić information content (AvgIpc) is 2.67. The van der Waals surface area contributed by atoms with E-state index in [0.29, 0.717) is 38.8 Å². The van der Waals surface area contributed by atoms with E-state index in [1.54, 1.807) is 20.8 Å². The molecule has 0 heterocycles. The molecule has 0 unspecified atom stereocenters. The zero-order valence-corrected chi connectivity index (χ0v) is 21.9. The zero-order valence-electron chi connectivity index (χ0n) is 20.9. The minimum atomic E-state index is -1.39. The molecule has 0 aliphatic carbocycles. The fourth-order valence-electron chi connectivity index (χ4n) is 2.55. The van der Waals surface area contributed by atoms with Crippen molar-refractivity contribution in [2.45, 2.75) is 90.6 Å². The molecule has 0 saturated carbocycles. The Morgan fingerprint density at radius 3 is 2.36 bits per heavy atom. The number of rotatable bonds is 13. The van der Waals surface area contributed by atoms with Crippen LogP contribution in [0.4, 0.5) is 4.79 Å². The first-order chi connectivity index (χ1) is 15.3. The number of carbonyl (C=O) groups excluding carboxylic acids is 3. The molecule has 10 nitrogen and oxygen atoms in total. The number of unbranched alkanes of at least 4 members (excludes halogenated alkanes) is 2. The number of hydrogen-bond donors (Lipinski definition) is 3. The van der Waals surface area contributed by atoms with Crippen molar-refractivity contribution in [1.82, 2.24) is 16.0 Å². The van der Waals surface area contributed by atoms with Crippen molar-refractivity contribution in [1.29, 1.82) is 0 Å². The largest absolute Gasteiger partial charge is 0.444 e. The first-order valence-electron chi connectivity index (χ1n) is 11.4. The van der Waals surface area contributed by atoms with Gasteiger partial charge < -0.3 is 20.7 Å². The van der Waals surface area contributed by atoms with Crippen molar-refractivity contribution >= 4 is 26.0 Å². The molecule has 0 aliphatic heterocycles. The first-order valence-corrected chi connectivity index (χ1v) is 14.9. The SMILES string of the molecule is CC(C)(C)OC(=O)NCCCC[C@H](NC(=O)CCN=[N+]=[N-])C(=O)NCCCC#C[Si](C)(C)C. The lowest BCUT2D eigenvalue weighted by Crippen LogP contribution is -2.47. The molecule has 0 aliphatic rings. The fraction of sp³-hybridized carbons (Fsp3) is 0.773. The lowest BCUT2D eigenvalue weighted by Gasteiger charge is -2.20. The second-order valence-electron chi connectivity index (χ2n) is 9.70. The molecule has 0 rings (SSSR count). The second kappa shape index (κ2) is 16.0. The van der Waals surface area contributed by atoms with Crippen LogP contribution >= 0.6 is 0 Å². The Morgan fingerprint density at radius 1 is 1.09 bits per heavy atom. The van der Waals surface area contributed by atoms with Gasteiger partial charge >= 0.3 is 6.09 Å². The molecule has 0 bridgehead atoms. The van der Waals surface area contributed by atoms with E-state index < -0.39 is 25.8 Å². The van der Waals surface area contributed by atoms with Gasteiger partial charge in [-0.15, -0.1) is 11.5 Å². The smallest absolute Gasteiger partial charge is 0.407 e. The molecule has 0 radical (unpaired) electrons. The van der Waals surface area contributed by atoms with Crippen LogP contribution in [0, 0.1) is 11.5 Å². The Labute approximate surface area is 198 Å². The van der Waals surface area contributed by atoms with Gasteiger partial charge in [0.15, 0.2) is 0 Å². The highest BCUT2D eigenvalue weighted by Gasteiger charge is 2.20. The molecule has 1 atom stereocenters. The van der Waals surface area contributed by atoms with E-state index in [1.165, 1.54) is 0 Å². The first kappa shape index (κ1) is 30.3. The topological polar surface area (TPSA) is 145 Å². The van der Waals surface area contributed by atoms with Gasteiger partial charge in [-0.3, -0.25) is 9.59 Å². The molecule has 0 aromatic heterocycles. The van der Waals surface area contributed by atoms with E-state index >= 15 is 0 Å². The Hall–Kier alpha value is -2.70. The predicted molar refractivity (Wildman–Crippen MR) is 132 cm³/mol. The van der Waals surface area contributed by atoms with Gasteiger partial charge in [0.25, 0.3) is 0 Å². The van der Waals surface area contributed by atoms with E-state index in [4.69, 9.17) is 10.3 Å². The van der Waals surface area contributed by atoms with Crippen LogP contribution in [0.15, 0.2) is 5.11 Å². The predicted octanol–water partition coefficient (Wildman–Crippen LogP) is 3.64. The van der Waals surface area contributed by atoms with Gasteiger partial charge in [-0.25, -0.2) is 4.79 Å². The van der Waals surface area contributed by atoms with Gasteiger partial charge in [0.05, 0.1) is 0 Å². The number of nitrogens with one attached hydrogen (secondary N) is 3. The summed E-state index contributed by atoms with van der Waals surface area (Å²) >= 11 is 0. The third kappa shape index (κ3) is 19.7. The van der Waals surface area contributed by atoms with Crippen molar-refractivity contribution < 1.29 is 19.1 Å². The van der Waals surface area contributed by atoms with Crippen molar-refractivity contribution in [2.24, 2.45) is 5.11 Å². The van der Waals surface area contributed by atoms with Gasteiger partial charge in [0.1, 0.15) is 19.7 Å². The summed E-state index contributed by atoms with van der Waals surface area (Å²) in [5.41, 5.74) is 11.1. The highest BCUT2D eigenvalue weighted by Crippen LogP contribution is 2.07. The quantitative estimate of drug-likeness (QED) is 0.0922. The summed E-state index contributed by atoms with van der Waals surface area (Å²) < 4.78 is 5.18. The third-order valence-electron chi connectivity index (χ3n) is 3.98. The summed E-state index contributed by atoms with van der Waals surface area (Å²) in [7, 11) is -1.39. The molecular formula is C22H40N6O4Si. The molecule has 33 heavy (non-hydrogen) atoms. The fourth-order valence-corrected chi connectivity index (χ4v) is 3.20. The molecule has 0 aromatic rings. The Bertz CT molecular complexity index is 743. The highest BCUT2D eigenvalue weighted by atomic mass is 28.3. The summed E-state index contributed by atoms with van der Waals surface area (Å²) in [6.07, 6.45) is 2.64. The van der Waals surface area contributed by atoms with Crippen LogP contribution in [0.1, 0.15) is 59.3 Å². The van der Waals surface area contributed by atoms with E-state index in [-0.39, 0.29) is 24.8 Å². The van der Waals surface area contributed by atoms with Gasteiger partial charge in [-0.1, -0.05) is 24.8 Å². The number of alkyl carbamates (subject to hydrolysis) is 1. The van der Waals surface area contributed by atoms with Gasteiger partial charge in [-0.2, -0.15) is 0 Å². The van der Waals surface area contributed by atoms with Crippen LogP contribution in [0.25, 0.3) is 10.4 Å².